The maximum atomic E-state index is 13.3. The minimum Gasteiger partial charge on any atom is -0.506 e. The molecule has 1 aromatic heterocycles. The van der Waals surface area contributed by atoms with Crippen molar-refractivity contribution in [3.63, 3.8) is 0 Å². The molecule has 0 atom stereocenters. The first kappa shape index (κ1) is 13.1. The molecule has 0 spiro atoms. The van der Waals surface area contributed by atoms with Gasteiger partial charge in [0.25, 0.3) is 0 Å². The van der Waals surface area contributed by atoms with Gasteiger partial charge < -0.3 is 10.8 Å². The predicted molar refractivity (Wildman–Crippen MR) is 77.6 cm³/mol. The van der Waals surface area contributed by atoms with Crippen LogP contribution in [-0.2, 0) is 0 Å². The first-order valence-corrected chi connectivity index (χ1v) is 6.34. The summed E-state index contributed by atoms with van der Waals surface area (Å²) in [7, 11) is 0. The molecule has 3 rings (SSSR count). The molecule has 0 bridgehead atoms. The largest absolute Gasteiger partial charge is 0.506 e. The number of nitrogens with two attached hydrogens (primary N) is 1. The Bertz CT molecular complexity index is 813. The molecule has 0 unspecified atom stereocenters. The monoisotopic (exact) mass is 284 g/mol. The van der Waals surface area contributed by atoms with Gasteiger partial charge in [-0.05, 0) is 42.8 Å². The number of aromatic nitrogens is 3. The van der Waals surface area contributed by atoms with Crippen molar-refractivity contribution in [1.29, 1.82) is 0 Å². The molecule has 2 aromatic carbocycles. The van der Waals surface area contributed by atoms with Gasteiger partial charge in [-0.25, -0.2) is 4.39 Å². The number of halogens is 1. The summed E-state index contributed by atoms with van der Waals surface area (Å²) in [5.74, 6) is 0.0452. The number of hydrogen-bond acceptors (Lipinski definition) is 4. The summed E-state index contributed by atoms with van der Waals surface area (Å²) >= 11 is 0. The summed E-state index contributed by atoms with van der Waals surface area (Å²) in [4.78, 5) is 0. The molecule has 3 N–H and O–H groups in total. The third-order valence-corrected chi connectivity index (χ3v) is 3.25. The number of phenols is 1. The number of benzene rings is 2. The first-order chi connectivity index (χ1) is 10.1. The first-order valence-electron chi connectivity index (χ1n) is 6.34. The molecular formula is C15H13FN4O. The van der Waals surface area contributed by atoms with E-state index < -0.39 is 0 Å². The van der Waals surface area contributed by atoms with Crippen LogP contribution in [0.5, 0.6) is 5.75 Å². The molecule has 3 aromatic rings. The number of hydrogen-bond donors (Lipinski definition) is 2. The summed E-state index contributed by atoms with van der Waals surface area (Å²) in [5.41, 5.74) is 8.12. The van der Waals surface area contributed by atoms with Crippen LogP contribution in [0.4, 0.5) is 10.2 Å². The van der Waals surface area contributed by atoms with E-state index in [4.69, 9.17) is 5.73 Å². The van der Waals surface area contributed by atoms with Crippen LogP contribution in [-0.4, -0.2) is 20.1 Å². The van der Waals surface area contributed by atoms with Crippen molar-refractivity contribution in [1.82, 2.24) is 15.0 Å². The molecule has 6 heteroatoms. The van der Waals surface area contributed by atoms with E-state index >= 15 is 0 Å². The lowest BCUT2D eigenvalue weighted by Gasteiger charge is -2.06. The summed E-state index contributed by atoms with van der Waals surface area (Å²) in [6, 6.07) is 11.3. The summed E-state index contributed by atoms with van der Waals surface area (Å²) < 4.78 is 14.7. The molecule has 0 fully saturated rings. The minimum absolute atomic E-state index is 0.0518. The number of rotatable bonds is 2. The van der Waals surface area contributed by atoms with Gasteiger partial charge in [0.05, 0.1) is 0 Å². The Hall–Kier alpha value is -2.89. The molecule has 1 heterocycles. The van der Waals surface area contributed by atoms with Gasteiger partial charge >= 0.3 is 0 Å². The number of nitrogens with zero attached hydrogens (tertiary/aromatic N) is 3. The van der Waals surface area contributed by atoms with E-state index in [1.165, 1.54) is 16.8 Å². The fourth-order valence-electron chi connectivity index (χ4n) is 2.11. The molecule has 0 saturated heterocycles. The maximum absolute atomic E-state index is 13.3. The van der Waals surface area contributed by atoms with Crippen molar-refractivity contribution >= 4 is 5.82 Å². The van der Waals surface area contributed by atoms with Crippen LogP contribution in [0.15, 0.2) is 42.5 Å². The van der Waals surface area contributed by atoms with Crippen molar-refractivity contribution < 1.29 is 9.50 Å². The van der Waals surface area contributed by atoms with E-state index in [-0.39, 0.29) is 17.4 Å². The normalized spacial score (nSPS) is 10.8. The quantitative estimate of drug-likeness (QED) is 0.758. The lowest BCUT2D eigenvalue weighted by atomic mass is 10.1. The lowest BCUT2D eigenvalue weighted by molar-refractivity contribution is 0.470. The van der Waals surface area contributed by atoms with Gasteiger partial charge in [-0.15, -0.1) is 5.10 Å². The number of phenolic OH excluding ortho intramolecular Hbond substituents is 1. The van der Waals surface area contributed by atoms with Gasteiger partial charge in [-0.1, -0.05) is 17.3 Å². The Labute approximate surface area is 120 Å². The zero-order valence-electron chi connectivity index (χ0n) is 11.3. The molecule has 0 radical (unpaired) electrons. The highest BCUT2D eigenvalue weighted by Gasteiger charge is 2.15. The van der Waals surface area contributed by atoms with Crippen LogP contribution in [0.1, 0.15) is 5.56 Å². The topological polar surface area (TPSA) is 77.0 Å². The molecule has 106 valence electrons. The van der Waals surface area contributed by atoms with Gasteiger partial charge in [-0.3, -0.25) is 0 Å². The predicted octanol–water partition coefficient (Wildman–Crippen LogP) is 2.67. The van der Waals surface area contributed by atoms with Gasteiger partial charge in [0.15, 0.2) is 5.82 Å². The van der Waals surface area contributed by atoms with E-state index in [0.717, 1.165) is 0 Å². The zero-order chi connectivity index (χ0) is 15.0. The highest BCUT2D eigenvalue weighted by atomic mass is 19.1. The third-order valence-electron chi connectivity index (χ3n) is 3.25. The van der Waals surface area contributed by atoms with Gasteiger partial charge in [0, 0.05) is 5.56 Å². The van der Waals surface area contributed by atoms with Crippen LogP contribution in [0.25, 0.3) is 16.9 Å². The van der Waals surface area contributed by atoms with Gasteiger partial charge in [0.2, 0.25) is 0 Å². The Morgan fingerprint density at radius 1 is 1.19 bits per heavy atom. The highest BCUT2D eigenvalue weighted by molar-refractivity contribution is 5.72. The third kappa shape index (κ3) is 2.20. The van der Waals surface area contributed by atoms with Crippen molar-refractivity contribution in [3.05, 3.63) is 53.8 Å². The Morgan fingerprint density at radius 3 is 2.67 bits per heavy atom. The lowest BCUT2D eigenvalue weighted by Crippen LogP contribution is -2.02. The van der Waals surface area contributed by atoms with Crippen LogP contribution in [0.2, 0.25) is 0 Å². The van der Waals surface area contributed by atoms with Crippen LogP contribution in [0, 0.1) is 12.7 Å². The Kier molecular flexibility index (Phi) is 3.06. The SMILES string of the molecule is Cc1cc(-c2nnn(-c3ccccc3O)c2N)ccc1F. The molecular weight excluding hydrogens is 271 g/mol. The maximum Gasteiger partial charge on any atom is 0.156 e. The number of para-hydroxylation sites is 2. The van der Waals surface area contributed by atoms with E-state index in [1.54, 1.807) is 37.3 Å². The molecule has 21 heavy (non-hydrogen) atoms. The standard InChI is InChI=1S/C15H13FN4O/c1-9-8-10(6-7-11(9)16)14-15(17)20(19-18-14)12-4-2-3-5-13(12)21/h2-8,21H,17H2,1H3. The summed E-state index contributed by atoms with van der Waals surface area (Å²) in [5, 5.41) is 17.8. The van der Waals surface area contributed by atoms with Gasteiger partial charge in [0.1, 0.15) is 22.9 Å². The van der Waals surface area contributed by atoms with E-state index in [2.05, 4.69) is 10.3 Å². The van der Waals surface area contributed by atoms with Crippen molar-refractivity contribution in [2.24, 2.45) is 0 Å². The average molecular weight is 284 g/mol. The smallest absolute Gasteiger partial charge is 0.156 e. The minimum atomic E-state index is -0.287. The Morgan fingerprint density at radius 2 is 1.95 bits per heavy atom. The van der Waals surface area contributed by atoms with E-state index in [0.29, 0.717) is 22.5 Å². The van der Waals surface area contributed by atoms with Crippen LogP contribution < -0.4 is 5.73 Å². The number of anilines is 1. The van der Waals surface area contributed by atoms with Crippen LogP contribution >= 0.6 is 0 Å². The number of aryl methyl sites for hydroxylation is 1. The van der Waals surface area contributed by atoms with E-state index in [9.17, 15) is 9.50 Å². The van der Waals surface area contributed by atoms with Crippen molar-refractivity contribution in [2.75, 3.05) is 5.73 Å². The van der Waals surface area contributed by atoms with Crippen molar-refractivity contribution in [2.45, 2.75) is 6.92 Å². The summed E-state index contributed by atoms with van der Waals surface area (Å²) in [6.07, 6.45) is 0. The molecule has 0 aliphatic heterocycles. The second-order valence-electron chi connectivity index (χ2n) is 4.69. The molecule has 0 saturated carbocycles. The van der Waals surface area contributed by atoms with E-state index in [1.807, 2.05) is 0 Å². The fraction of sp³-hybridized carbons (Fsp3) is 0.0667. The number of aromatic hydroxyl groups is 1. The second kappa shape index (κ2) is 4.90. The molecule has 5 nitrogen and oxygen atoms in total. The molecule has 0 amide bonds. The van der Waals surface area contributed by atoms with Gasteiger partial charge in [-0.2, -0.15) is 4.68 Å². The second-order valence-corrected chi connectivity index (χ2v) is 4.69. The Balaban J connectivity index is 2.11. The fourth-order valence-corrected chi connectivity index (χ4v) is 2.11. The van der Waals surface area contributed by atoms with Crippen molar-refractivity contribution in [3.8, 4) is 22.7 Å². The summed E-state index contributed by atoms with van der Waals surface area (Å²) in [6.45, 7) is 1.67. The molecule has 0 aliphatic carbocycles. The highest BCUT2D eigenvalue weighted by Crippen LogP contribution is 2.29. The zero-order valence-corrected chi connectivity index (χ0v) is 11.3. The number of nitrogen functional groups attached to an aromatic ring is 1. The average Bonchev–Trinajstić information content (AvgIpc) is 2.84. The van der Waals surface area contributed by atoms with Crippen LogP contribution in [0.3, 0.4) is 0 Å². The molecule has 0 aliphatic rings.